The molecule has 0 aliphatic heterocycles. The standard InChI is InChI=1S/C22H24N6O2/c1-14-12-20(27-28(14)2)26-22(29)25-19(13-15-8-10-16(30-3)11-9-15)21-23-17-6-4-5-7-18(17)24-21/h4-12,19H,13H2,1-3H3,(H,23,24)(H2,25,26,27,29)/t19-/m1/s1. The highest BCUT2D eigenvalue weighted by atomic mass is 16.5. The first-order chi connectivity index (χ1) is 14.5. The Morgan fingerprint density at radius 3 is 2.63 bits per heavy atom. The number of ether oxygens (including phenoxy) is 1. The summed E-state index contributed by atoms with van der Waals surface area (Å²) in [6.07, 6.45) is 0.568. The maximum atomic E-state index is 12.7. The van der Waals surface area contributed by atoms with Crippen LogP contribution in [0.15, 0.2) is 54.6 Å². The van der Waals surface area contributed by atoms with Crippen LogP contribution in [0.1, 0.15) is 23.1 Å². The zero-order chi connectivity index (χ0) is 21.1. The van der Waals surface area contributed by atoms with Crippen molar-refractivity contribution in [2.24, 2.45) is 7.05 Å². The highest BCUT2D eigenvalue weighted by Crippen LogP contribution is 2.21. The first-order valence-corrected chi connectivity index (χ1v) is 9.67. The van der Waals surface area contributed by atoms with E-state index in [9.17, 15) is 4.79 Å². The number of aryl methyl sites for hydroxylation is 2. The van der Waals surface area contributed by atoms with Crippen molar-refractivity contribution in [3.8, 4) is 5.75 Å². The number of amides is 2. The lowest BCUT2D eigenvalue weighted by Crippen LogP contribution is -2.34. The van der Waals surface area contributed by atoms with E-state index in [-0.39, 0.29) is 12.1 Å². The van der Waals surface area contributed by atoms with E-state index >= 15 is 0 Å². The van der Waals surface area contributed by atoms with Gasteiger partial charge in [-0.15, -0.1) is 0 Å². The molecule has 8 nitrogen and oxygen atoms in total. The van der Waals surface area contributed by atoms with Crippen LogP contribution >= 0.6 is 0 Å². The van der Waals surface area contributed by atoms with Crippen LogP contribution in [0.25, 0.3) is 11.0 Å². The third-order valence-electron chi connectivity index (χ3n) is 5.00. The van der Waals surface area contributed by atoms with Gasteiger partial charge in [-0.2, -0.15) is 5.10 Å². The molecule has 0 saturated heterocycles. The second-order valence-corrected chi connectivity index (χ2v) is 7.14. The average Bonchev–Trinajstić information content (AvgIpc) is 3.30. The van der Waals surface area contributed by atoms with Gasteiger partial charge in [0.05, 0.1) is 24.2 Å². The minimum Gasteiger partial charge on any atom is -0.497 e. The van der Waals surface area contributed by atoms with Crippen LogP contribution in [-0.4, -0.2) is 32.9 Å². The number of carbonyl (C=O) groups is 1. The largest absolute Gasteiger partial charge is 0.497 e. The third-order valence-corrected chi connectivity index (χ3v) is 5.00. The van der Waals surface area contributed by atoms with E-state index in [0.717, 1.165) is 28.0 Å². The maximum Gasteiger partial charge on any atom is 0.321 e. The van der Waals surface area contributed by atoms with E-state index < -0.39 is 0 Å². The molecule has 0 aliphatic rings. The molecule has 0 aliphatic carbocycles. The van der Waals surface area contributed by atoms with Crippen molar-refractivity contribution < 1.29 is 9.53 Å². The Hall–Kier alpha value is -3.81. The summed E-state index contributed by atoms with van der Waals surface area (Å²) in [6, 6.07) is 16.7. The van der Waals surface area contributed by atoms with Crippen molar-refractivity contribution >= 4 is 22.9 Å². The van der Waals surface area contributed by atoms with Gasteiger partial charge in [-0.25, -0.2) is 9.78 Å². The number of imidazole rings is 1. The monoisotopic (exact) mass is 404 g/mol. The van der Waals surface area contributed by atoms with E-state index in [0.29, 0.717) is 18.1 Å². The fraction of sp³-hybridized carbons (Fsp3) is 0.227. The molecule has 2 amide bonds. The molecule has 2 aromatic carbocycles. The summed E-state index contributed by atoms with van der Waals surface area (Å²) in [7, 11) is 3.47. The second-order valence-electron chi connectivity index (χ2n) is 7.14. The molecule has 3 N–H and O–H groups in total. The van der Waals surface area contributed by atoms with Crippen LogP contribution in [0, 0.1) is 6.92 Å². The minimum atomic E-state index is -0.351. The summed E-state index contributed by atoms with van der Waals surface area (Å²) in [5.41, 5.74) is 3.79. The molecule has 4 rings (SSSR count). The van der Waals surface area contributed by atoms with Crippen molar-refractivity contribution in [1.29, 1.82) is 0 Å². The van der Waals surface area contributed by atoms with Gasteiger partial charge in [-0.1, -0.05) is 24.3 Å². The van der Waals surface area contributed by atoms with E-state index in [1.54, 1.807) is 11.8 Å². The van der Waals surface area contributed by atoms with Crippen molar-refractivity contribution in [2.75, 3.05) is 12.4 Å². The highest BCUT2D eigenvalue weighted by molar-refractivity contribution is 5.88. The van der Waals surface area contributed by atoms with Gasteiger partial charge < -0.3 is 15.0 Å². The Labute approximate surface area is 174 Å². The zero-order valence-corrected chi connectivity index (χ0v) is 17.1. The number of aromatic nitrogens is 4. The molecule has 1 atom stereocenters. The van der Waals surface area contributed by atoms with Gasteiger partial charge in [-0.3, -0.25) is 10.00 Å². The molecule has 0 saturated carbocycles. The Bertz CT molecular complexity index is 1110. The lowest BCUT2D eigenvalue weighted by molar-refractivity contribution is 0.248. The molecule has 8 heteroatoms. The summed E-state index contributed by atoms with van der Waals surface area (Å²) in [5, 5.41) is 10.1. The van der Waals surface area contributed by atoms with E-state index in [2.05, 4.69) is 25.7 Å². The fourth-order valence-electron chi connectivity index (χ4n) is 3.28. The van der Waals surface area contributed by atoms with Gasteiger partial charge in [0.2, 0.25) is 0 Å². The molecule has 154 valence electrons. The summed E-state index contributed by atoms with van der Waals surface area (Å²) in [5.74, 6) is 1.98. The van der Waals surface area contributed by atoms with Crippen LogP contribution in [0.5, 0.6) is 5.75 Å². The van der Waals surface area contributed by atoms with Gasteiger partial charge in [0.15, 0.2) is 5.82 Å². The van der Waals surface area contributed by atoms with Crippen LogP contribution < -0.4 is 15.4 Å². The van der Waals surface area contributed by atoms with E-state index in [1.807, 2.05) is 68.6 Å². The van der Waals surface area contributed by atoms with Crippen molar-refractivity contribution in [3.63, 3.8) is 0 Å². The van der Waals surface area contributed by atoms with Crippen LogP contribution in [-0.2, 0) is 13.5 Å². The average molecular weight is 404 g/mol. The number of nitrogens with zero attached hydrogens (tertiary/aromatic N) is 3. The number of nitrogens with one attached hydrogen (secondary N) is 3. The quantitative estimate of drug-likeness (QED) is 0.456. The summed E-state index contributed by atoms with van der Waals surface area (Å²) in [4.78, 5) is 20.7. The topological polar surface area (TPSA) is 96.9 Å². The number of benzene rings is 2. The molecule has 30 heavy (non-hydrogen) atoms. The first kappa shape index (κ1) is 19.5. The van der Waals surface area contributed by atoms with Gasteiger partial charge >= 0.3 is 6.03 Å². The van der Waals surface area contributed by atoms with Gasteiger partial charge in [0.25, 0.3) is 0 Å². The normalized spacial score (nSPS) is 12.0. The Kier molecular flexibility index (Phi) is 5.38. The second kappa shape index (κ2) is 8.28. The maximum absolute atomic E-state index is 12.7. The molecular formula is C22H24N6O2. The Morgan fingerprint density at radius 1 is 1.20 bits per heavy atom. The Balaban J connectivity index is 1.57. The SMILES string of the molecule is COc1ccc(C[C@@H](NC(=O)Nc2cc(C)n(C)n2)c2nc3ccccc3[nH]2)cc1. The number of hydrogen-bond donors (Lipinski definition) is 3. The number of anilines is 1. The van der Waals surface area contributed by atoms with Gasteiger partial charge in [-0.05, 0) is 43.2 Å². The lowest BCUT2D eigenvalue weighted by atomic mass is 10.1. The number of methoxy groups -OCH3 is 1. The fourth-order valence-corrected chi connectivity index (χ4v) is 3.28. The molecular weight excluding hydrogens is 380 g/mol. The molecule has 2 heterocycles. The highest BCUT2D eigenvalue weighted by Gasteiger charge is 2.20. The van der Waals surface area contributed by atoms with Crippen LogP contribution in [0.4, 0.5) is 10.6 Å². The zero-order valence-electron chi connectivity index (χ0n) is 17.1. The molecule has 4 aromatic rings. The molecule has 0 bridgehead atoms. The lowest BCUT2D eigenvalue weighted by Gasteiger charge is -2.17. The summed E-state index contributed by atoms with van der Waals surface area (Å²) >= 11 is 0. The number of carbonyl (C=O) groups excluding carboxylic acids is 1. The summed E-state index contributed by atoms with van der Waals surface area (Å²) < 4.78 is 6.95. The third kappa shape index (κ3) is 4.27. The number of para-hydroxylation sites is 2. The number of fused-ring (bicyclic) bond motifs is 1. The van der Waals surface area contributed by atoms with Gasteiger partial charge in [0, 0.05) is 18.8 Å². The van der Waals surface area contributed by atoms with E-state index in [1.165, 1.54) is 0 Å². The molecule has 0 radical (unpaired) electrons. The number of urea groups is 1. The summed E-state index contributed by atoms with van der Waals surface area (Å²) in [6.45, 7) is 1.93. The van der Waals surface area contributed by atoms with E-state index in [4.69, 9.17) is 4.74 Å². The van der Waals surface area contributed by atoms with Crippen molar-refractivity contribution in [3.05, 3.63) is 71.7 Å². The number of aromatic amines is 1. The predicted octanol–water partition coefficient (Wildman–Crippen LogP) is 3.72. The number of rotatable bonds is 6. The number of hydrogen-bond acceptors (Lipinski definition) is 4. The van der Waals surface area contributed by atoms with Crippen LogP contribution in [0.2, 0.25) is 0 Å². The first-order valence-electron chi connectivity index (χ1n) is 9.67. The predicted molar refractivity (Wildman–Crippen MR) is 116 cm³/mol. The van der Waals surface area contributed by atoms with Crippen molar-refractivity contribution in [1.82, 2.24) is 25.1 Å². The molecule has 0 fully saturated rings. The van der Waals surface area contributed by atoms with Crippen molar-refractivity contribution in [2.45, 2.75) is 19.4 Å². The smallest absolute Gasteiger partial charge is 0.321 e. The van der Waals surface area contributed by atoms with Gasteiger partial charge in [0.1, 0.15) is 11.6 Å². The molecule has 0 unspecified atom stereocenters. The Morgan fingerprint density at radius 2 is 1.97 bits per heavy atom. The van der Waals surface area contributed by atoms with Crippen LogP contribution in [0.3, 0.4) is 0 Å². The molecule has 2 aromatic heterocycles. The number of H-pyrrole nitrogens is 1. The molecule has 0 spiro atoms. The minimum absolute atomic E-state index is 0.341.